The van der Waals surface area contributed by atoms with Crippen LogP contribution in [0.2, 0.25) is 10.2 Å². The summed E-state index contributed by atoms with van der Waals surface area (Å²) in [4.78, 5) is 3.84. The van der Waals surface area contributed by atoms with Crippen molar-refractivity contribution in [3.63, 3.8) is 0 Å². The van der Waals surface area contributed by atoms with Gasteiger partial charge in [0.1, 0.15) is 10.8 Å². The van der Waals surface area contributed by atoms with Crippen LogP contribution in [0.1, 0.15) is 5.56 Å². The molecule has 0 aliphatic carbocycles. The molecule has 0 fully saturated rings. The number of halogens is 2. The van der Waals surface area contributed by atoms with Gasteiger partial charge in [-0.3, -0.25) is 0 Å². The van der Waals surface area contributed by atoms with E-state index in [1.54, 1.807) is 11.4 Å². The van der Waals surface area contributed by atoms with Crippen molar-refractivity contribution in [2.24, 2.45) is 0 Å². The molecule has 0 amide bonds. The zero-order chi connectivity index (χ0) is 12.3. The molecule has 86 valence electrons. The van der Waals surface area contributed by atoms with Crippen LogP contribution in [0, 0.1) is 0 Å². The molecule has 1 aromatic heterocycles. The third kappa shape index (κ3) is 2.94. The topological polar surface area (TPSA) is 22.1 Å². The number of thiocarbonyl (C=S) groups is 1. The molecular weight excluding hydrogens is 277 g/mol. The second-order valence-electron chi connectivity index (χ2n) is 3.20. The molecule has 0 radical (unpaired) electrons. The van der Waals surface area contributed by atoms with E-state index in [0.29, 0.717) is 16.5 Å². The van der Waals surface area contributed by atoms with Gasteiger partial charge in [-0.2, -0.15) is 0 Å². The Morgan fingerprint density at radius 1 is 1.12 bits per heavy atom. The van der Waals surface area contributed by atoms with E-state index in [0.717, 1.165) is 5.56 Å². The van der Waals surface area contributed by atoms with Crippen molar-refractivity contribution in [3.8, 4) is 11.5 Å². The van der Waals surface area contributed by atoms with Crippen LogP contribution in [0.3, 0.4) is 0 Å². The van der Waals surface area contributed by atoms with Crippen molar-refractivity contribution in [3.05, 3.63) is 52.3 Å². The highest BCUT2D eigenvalue weighted by atomic mass is 35.5. The fourth-order valence-corrected chi connectivity index (χ4v) is 1.68. The summed E-state index contributed by atoms with van der Waals surface area (Å²) in [5.74, 6) is 1.14. The predicted octanol–water partition coefficient (Wildman–Crippen LogP) is 4.53. The Hall–Kier alpha value is -1.16. The standard InChI is InChI=1S/C12H7Cl2NOS/c13-11-10(5-6-15-12(11)14)16-9-3-1-8(7-17)2-4-9/h1-7H. The van der Waals surface area contributed by atoms with Crippen LogP contribution in [-0.4, -0.2) is 10.4 Å². The van der Waals surface area contributed by atoms with Crippen LogP contribution in [0.15, 0.2) is 36.5 Å². The molecule has 2 rings (SSSR count). The van der Waals surface area contributed by atoms with Crippen LogP contribution in [0.5, 0.6) is 11.5 Å². The fourth-order valence-electron chi connectivity index (χ4n) is 1.22. The summed E-state index contributed by atoms with van der Waals surface area (Å²) in [6, 6.07) is 8.99. The van der Waals surface area contributed by atoms with Gasteiger partial charge in [-0.15, -0.1) is 0 Å². The molecule has 2 nitrogen and oxygen atoms in total. The zero-order valence-electron chi connectivity index (χ0n) is 8.56. The highest BCUT2D eigenvalue weighted by molar-refractivity contribution is 7.79. The Morgan fingerprint density at radius 2 is 1.82 bits per heavy atom. The van der Waals surface area contributed by atoms with Crippen molar-refractivity contribution in [1.29, 1.82) is 0 Å². The van der Waals surface area contributed by atoms with Crippen molar-refractivity contribution < 1.29 is 4.74 Å². The Morgan fingerprint density at radius 3 is 2.47 bits per heavy atom. The number of nitrogens with zero attached hydrogens (tertiary/aromatic N) is 1. The molecule has 0 unspecified atom stereocenters. The minimum atomic E-state index is 0.222. The first-order valence-electron chi connectivity index (χ1n) is 4.74. The van der Waals surface area contributed by atoms with Gasteiger partial charge in [0.25, 0.3) is 0 Å². The van der Waals surface area contributed by atoms with Crippen LogP contribution in [-0.2, 0) is 0 Å². The van der Waals surface area contributed by atoms with Gasteiger partial charge in [0.2, 0.25) is 0 Å². The van der Waals surface area contributed by atoms with Crippen molar-refractivity contribution >= 4 is 40.8 Å². The van der Waals surface area contributed by atoms with Crippen LogP contribution in [0.25, 0.3) is 0 Å². The van der Waals surface area contributed by atoms with Crippen LogP contribution < -0.4 is 4.74 Å². The Labute approximate surface area is 114 Å². The number of hydrogen-bond acceptors (Lipinski definition) is 3. The van der Waals surface area contributed by atoms with Gasteiger partial charge in [-0.25, -0.2) is 4.98 Å². The Balaban J connectivity index is 2.25. The number of pyridine rings is 1. The average Bonchev–Trinajstić information content (AvgIpc) is 2.36. The van der Waals surface area contributed by atoms with E-state index in [4.69, 9.17) is 40.2 Å². The van der Waals surface area contributed by atoms with Gasteiger partial charge in [0.15, 0.2) is 10.9 Å². The van der Waals surface area contributed by atoms with E-state index in [2.05, 4.69) is 4.98 Å². The van der Waals surface area contributed by atoms with Gasteiger partial charge in [-0.05, 0) is 17.7 Å². The SMILES string of the molecule is S=Cc1ccc(Oc2ccnc(Cl)c2Cl)cc1. The summed E-state index contributed by atoms with van der Waals surface area (Å²) >= 11 is 16.6. The highest BCUT2D eigenvalue weighted by Gasteiger charge is 2.07. The van der Waals surface area contributed by atoms with E-state index >= 15 is 0 Å². The summed E-state index contributed by atoms with van der Waals surface area (Å²) in [5.41, 5.74) is 0.950. The van der Waals surface area contributed by atoms with E-state index in [9.17, 15) is 0 Å². The molecule has 1 aromatic carbocycles. The van der Waals surface area contributed by atoms with Crippen molar-refractivity contribution in [2.75, 3.05) is 0 Å². The molecule has 17 heavy (non-hydrogen) atoms. The lowest BCUT2D eigenvalue weighted by Gasteiger charge is -2.07. The lowest BCUT2D eigenvalue weighted by atomic mass is 10.2. The summed E-state index contributed by atoms with van der Waals surface area (Å²) in [6.45, 7) is 0. The second-order valence-corrected chi connectivity index (χ2v) is 4.17. The smallest absolute Gasteiger partial charge is 0.151 e. The third-order valence-electron chi connectivity index (χ3n) is 2.06. The molecule has 5 heteroatoms. The van der Waals surface area contributed by atoms with E-state index in [-0.39, 0.29) is 5.15 Å². The second kappa shape index (κ2) is 5.45. The first kappa shape index (κ1) is 12.3. The molecule has 0 atom stereocenters. The first-order chi connectivity index (χ1) is 8.20. The van der Waals surface area contributed by atoms with Gasteiger partial charge >= 0.3 is 0 Å². The number of ether oxygens (including phenoxy) is 1. The molecule has 2 aromatic rings. The molecule has 0 saturated carbocycles. The molecule has 0 bridgehead atoms. The van der Waals surface area contributed by atoms with Crippen LogP contribution >= 0.6 is 35.4 Å². The fraction of sp³-hybridized carbons (Fsp3) is 0. The monoisotopic (exact) mass is 283 g/mol. The normalized spacial score (nSPS) is 10.0. The maximum Gasteiger partial charge on any atom is 0.151 e. The summed E-state index contributed by atoms with van der Waals surface area (Å²) in [6.07, 6.45) is 1.54. The summed E-state index contributed by atoms with van der Waals surface area (Å²) in [5, 5.41) is 2.12. The third-order valence-corrected chi connectivity index (χ3v) is 3.08. The molecule has 0 N–H and O–H groups in total. The number of hydrogen-bond donors (Lipinski definition) is 0. The molecular formula is C12H7Cl2NOS. The van der Waals surface area contributed by atoms with Crippen molar-refractivity contribution in [2.45, 2.75) is 0 Å². The Bertz CT molecular complexity index is 543. The highest BCUT2D eigenvalue weighted by Crippen LogP contribution is 2.33. The minimum Gasteiger partial charge on any atom is -0.456 e. The number of benzene rings is 1. The van der Waals surface area contributed by atoms with Gasteiger partial charge < -0.3 is 4.74 Å². The first-order valence-corrected chi connectivity index (χ1v) is 5.96. The van der Waals surface area contributed by atoms with Gasteiger partial charge in [0.05, 0.1) is 0 Å². The maximum absolute atomic E-state index is 5.96. The molecule has 1 heterocycles. The zero-order valence-corrected chi connectivity index (χ0v) is 10.9. The lowest BCUT2D eigenvalue weighted by Crippen LogP contribution is -1.87. The molecule has 0 aliphatic rings. The maximum atomic E-state index is 5.96. The van der Waals surface area contributed by atoms with Gasteiger partial charge in [-0.1, -0.05) is 47.6 Å². The summed E-state index contributed by atoms with van der Waals surface area (Å²) in [7, 11) is 0. The minimum absolute atomic E-state index is 0.222. The lowest BCUT2D eigenvalue weighted by molar-refractivity contribution is 0.482. The Kier molecular flexibility index (Phi) is 3.94. The molecule has 0 spiro atoms. The molecule has 0 aliphatic heterocycles. The predicted molar refractivity (Wildman–Crippen MR) is 73.5 cm³/mol. The average molecular weight is 284 g/mol. The van der Waals surface area contributed by atoms with E-state index in [1.807, 2.05) is 24.3 Å². The van der Waals surface area contributed by atoms with Crippen LogP contribution in [0.4, 0.5) is 0 Å². The quantitative estimate of drug-likeness (QED) is 0.610. The number of aromatic nitrogens is 1. The van der Waals surface area contributed by atoms with E-state index in [1.165, 1.54) is 6.20 Å². The van der Waals surface area contributed by atoms with Crippen molar-refractivity contribution in [1.82, 2.24) is 4.98 Å². The van der Waals surface area contributed by atoms with Gasteiger partial charge in [0, 0.05) is 17.6 Å². The van der Waals surface area contributed by atoms with E-state index < -0.39 is 0 Å². The molecule has 0 saturated heterocycles. The largest absolute Gasteiger partial charge is 0.456 e. The summed E-state index contributed by atoms with van der Waals surface area (Å²) < 4.78 is 5.59. The number of rotatable bonds is 3.